The maximum atomic E-state index is 6.94. The van der Waals surface area contributed by atoms with Crippen LogP contribution in [0.3, 0.4) is 0 Å². The number of rotatable bonds is 2. The number of anilines is 1. The second-order valence-electron chi connectivity index (χ2n) is 7.80. The summed E-state index contributed by atoms with van der Waals surface area (Å²) in [5, 5.41) is 2.78. The van der Waals surface area contributed by atoms with E-state index >= 15 is 0 Å². The number of nitrogens with zero attached hydrogens (tertiary/aromatic N) is 1. The van der Waals surface area contributed by atoms with Crippen LogP contribution in [0.4, 0.5) is 5.69 Å². The van der Waals surface area contributed by atoms with E-state index in [2.05, 4.69) is 54.4 Å². The maximum Gasteiger partial charge on any atom is 2.00 e. The monoisotopic (exact) mass is 444 g/mol. The standard InChI is InChI=1S/C13H14N.C6H10.C4H10N.C2H6Si.Ti/c1-2-6-12-11(5-1)7-8-13(12)14-9-3-4-10-14;1-3-5-6-4-2;1-4(2,3)5;1-3-2;/h1-2,5-8H,3-4,9-10H2;3-6H,1-2H3;5H,1-3H3;1-2H3;/q-1;;-1;;+2. The van der Waals surface area contributed by atoms with Crippen molar-refractivity contribution in [3.05, 3.63) is 66.4 Å². The van der Waals surface area contributed by atoms with E-state index in [0.717, 1.165) is 9.52 Å². The Morgan fingerprint density at radius 2 is 1.45 bits per heavy atom. The molecule has 29 heavy (non-hydrogen) atoms. The zero-order valence-corrected chi connectivity index (χ0v) is 22.1. The molecule has 0 aliphatic carbocycles. The first-order valence-electron chi connectivity index (χ1n) is 10.2. The normalized spacial score (nSPS) is 13.2. The molecule has 0 amide bonds. The van der Waals surface area contributed by atoms with Crippen molar-refractivity contribution >= 4 is 26.0 Å². The van der Waals surface area contributed by atoms with Crippen molar-refractivity contribution in [2.45, 2.75) is 66.1 Å². The molecule has 0 atom stereocenters. The maximum absolute atomic E-state index is 6.94. The Balaban J connectivity index is 0. The van der Waals surface area contributed by atoms with Gasteiger partial charge in [-0.1, -0.05) is 69.9 Å². The van der Waals surface area contributed by atoms with Crippen LogP contribution in [0.25, 0.3) is 16.5 Å². The summed E-state index contributed by atoms with van der Waals surface area (Å²) in [4.78, 5) is 2.50. The number of allylic oxidation sites excluding steroid dienone is 4. The first-order valence-corrected chi connectivity index (χ1v) is 12.2. The predicted molar refractivity (Wildman–Crippen MR) is 132 cm³/mol. The molecule has 2 aromatic carbocycles. The minimum Gasteiger partial charge on any atom is -0.673 e. The number of benzene rings is 1. The first kappa shape index (κ1) is 30.2. The van der Waals surface area contributed by atoms with Gasteiger partial charge in [-0.3, -0.25) is 0 Å². The predicted octanol–water partition coefficient (Wildman–Crippen LogP) is 7.92. The SMILES string of the molecule is CC(C)(C)[NH-].CC=CC=CC.C[Si]C.[Ti+2].c1ccc2c(N3CCCC3)c[cH-]c2c1. The van der Waals surface area contributed by atoms with Gasteiger partial charge in [-0.25, -0.2) is 0 Å². The number of hydrogen-bond donors (Lipinski definition) is 0. The average Bonchev–Trinajstić information content (AvgIpc) is 3.29. The molecule has 0 aromatic heterocycles. The minimum absolute atomic E-state index is 0. The third-order valence-corrected chi connectivity index (χ3v) is 3.60. The van der Waals surface area contributed by atoms with E-state index in [4.69, 9.17) is 5.73 Å². The van der Waals surface area contributed by atoms with Gasteiger partial charge in [0.05, 0.1) is 0 Å². The van der Waals surface area contributed by atoms with Crippen LogP contribution in [0.2, 0.25) is 13.1 Å². The van der Waals surface area contributed by atoms with Crippen molar-refractivity contribution in [2.24, 2.45) is 0 Å². The molecule has 1 heterocycles. The third kappa shape index (κ3) is 15.5. The van der Waals surface area contributed by atoms with E-state index < -0.39 is 0 Å². The van der Waals surface area contributed by atoms with Crippen LogP contribution < -0.4 is 4.90 Å². The van der Waals surface area contributed by atoms with Crippen molar-refractivity contribution in [1.82, 2.24) is 0 Å². The second kappa shape index (κ2) is 17.8. The third-order valence-electron chi connectivity index (χ3n) is 3.60. The summed E-state index contributed by atoms with van der Waals surface area (Å²) in [7, 11) is 1.08. The molecule has 4 heteroatoms. The Bertz CT molecular complexity index is 661. The fraction of sp³-hybridized carbons (Fsp3) is 0.480. The van der Waals surface area contributed by atoms with Crippen LogP contribution in [-0.2, 0) is 21.7 Å². The molecule has 0 bridgehead atoms. The molecule has 0 unspecified atom stereocenters. The zero-order chi connectivity index (χ0) is 21.4. The Morgan fingerprint density at radius 1 is 1.00 bits per heavy atom. The average molecular weight is 445 g/mol. The molecule has 1 fully saturated rings. The molecule has 2 radical (unpaired) electrons. The van der Waals surface area contributed by atoms with Gasteiger partial charge in [0.2, 0.25) is 0 Å². The number of hydrogen-bond acceptors (Lipinski definition) is 1. The van der Waals surface area contributed by atoms with E-state index in [1.54, 1.807) is 0 Å². The molecule has 3 rings (SSSR count). The van der Waals surface area contributed by atoms with Crippen LogP contribution in [0.5, 0.6) is 0 Å². The van der Waals surface area contributed by atoms with Gasteiger partial charge in [-0.05, 0) is 26.7 Å². The quantitative estimate of drug-likeness (QED) is 0.263. The second-order valence-corrected chi connectivity index (χ2v) is 8.80. The van der Waals surface area contributed by atoms with Gasteiger partial charge in [0, 0.05) is 22.6 Å². The van der Waals surface area contributed by atoms with Crippen molar-refractivity contribution in [1.29, 1.82) is 0 Å². The van der Waals surface area contributed by atoms with Crippen LogP contribution >= 0.6 is 0 Å². The molecular weight excluding hydrogens is 404 g/mol. The first-order chi connectivity index (χ1) is 13.3. The summed E-state index contributed by atoms with van der Waals surface area (Å²) in [5.41, 5.74) is 8.12. The van der Waals surface area contributed by atoms with Crippen LogP contribution in [0, 0.1) is 0 Å². The molecule has 158 valence electrons. The van der Waals surface area contributed by atoms with Crippen LogP contribution in [0.15, 0.2) is 60.7 Å². The van der Waals surface area contributed by atoms with Crippen molar-refractivity contribution < 1.29 is 21.7 Å². The van der Waals surface area contributed by atoms with Crippen molar-refractivity contribution in [2.75, 3.05) is 18.0 Å². The minimum atomic E-state index is -0.250. The molecule has 1 aliphatic rings. The van der Waals surface area contributed by atoms with Gasteiger partial charge >= 0.3 is 21.7 Å². The van der Waals surface area contributed by atoms with E-state index in [9.17, 15) is 0 Å². The summed E-state index contributed by atoms with van der Waals surface area (Å²) in [5.74, 6) is 0. The summed E-state index contributed by atoms with van der Waals surface area (Å²) in [6.45, 7) is 16.3. The largest absolute Gasteiger partial charge is 2.00 e. The van der Waals surface area contributed by atoms with Gasteiger partial charge < -0.3 is 10.6 Å². The summed E-state index contributed by atoms with van der Waals surface area (Å²) in [6, 6.07) is 13.1. The summed E-state index contributed by atoms with van der Waals surface area (Å²) < 4.78 is 0. The van der Waals surface area contributed by atoms with Gasteiger partial charge in [0.15, 0.2) is 0 Å². The molecule has 1 saturated heterocycles. The van der Waals surface area contributed by atoms with Crippen LogP contribution in [-0.4, -0.2) is 28.1 Å². The Hall–Kier alpha value is -0.999. The summed E-state index contributed by atoms with van der Waals surface area (Å²) >= 11 is 0. The molecule has 0 spiro atoms. The topological polar surface area (TPSA) is 27.0 Å². The smallest absolute Gasteiger partial charge is 0.673 e. The number of fused-ring (bicyclic) bond motifs is 1. The molecular formula is C25H40N2SiTi. The van der Waals surface area contributed by atoms with Gasteiger partial charge in [0.25, 0.3) is 0 Å². The fourth-order valence-electron chi connectivity index (χ4n) is 2.59. The van der Waals surface area contributed by atoms with E-state index in [-0.39, 0.29) is 27.3 Å². The Morgan fingerprint density at radius 3 is 1.90 bits per heavy atom. The zero-order valence-electron chi connectivity index (χ0n) is 19.5. The Labute approximate surface area is 197 Å². The van der Waals surface area contributed by atoms with Gasteiger partial charge in [0.1, 0.15) is 0 Å². The van der Waals surface area contributed by atoms with Crippen LogP contribution in [0.1, 0.15) is 47.5 Å². The number of nitrogens with one attached hydrogen (secondary N) is 1. The van der Waals surface area contributed by atoms with E-state index in [1.807, 2.05) is 58.9 Å². The fourth-order valence-corrected chi connectivity index (χ4v) is 2.59. The molecule has 2 aromatic rings. The molecule has 0 saturated carbocycles. The van der Waals surface area contributed by atoms with Gasteiger partial charge in [-0.2, -0.15) is 0 Å². The molecule has 2 nitrogen and oxygen atoms in total. The van der Waals surface area contributed by atoms with E-state index in [0.29, 0.717) is 0 Å². The van der Waals surface area contributed by atoms with Gasteiger partial charge in [-0.15, -0.1) is 46.6 Å². The summed E-state index contributed by atoms with van der Waals surface area (Å²) in [6.07, 6.45) is 10.7. The Kier molecular flexibility index (Phi) is 18.6. The van der Waals surface area contributed by atoms with E-state index in [1.165, 1.54) is 42.4 Å². The van der Waals surface area contributed by atoms with Crippen molar-refractivity contribution in [3.8, 4) is 0 Å². The van der Waals surface area contributed by atoms with Crippen molar-refractivity contribution in [3.63, 3.8) is 0 Å². The molecule has 1 aliphatic heterocycles. The molecule has 1 N–H and O–H groups in total.